The molecule has 0 saturated carbocycles. The highest BCUT2D eigenvalue weighted by molar-refractivity contribution is 6.30. The van der Waals surface area contributed by atoms with Crippen molar-refractivity contribution < 1.29 is 4.74 Å². The molecule has 1 fully saturated rings. The number of halogens is 1. The molecule has 0 radical (unpaired) electrons. The van der Waals surface area contributed by atoms with Gasteiger partial charge in [-0.3, -0.25) is 4.90 Å². The van der Waals surface area contributed by atoms with Crippen LogP contribution in [0.5, 0.6) is 5.75 Å². The zero-order valence-corrected chi connectivity index (χ0v) is 14.9. The van der Waals surface area contributed by atoms with Crippen LogP contribution in [-0.4, -0.2) is 24.6 Å². The number of rotatable bonds is 3. The van der Waals surface area contributed by atoms with Crippen molar-refractivity contribution in [2.24, 2.45) is 5.92 Å². The van der Waals surface area contributed by atoms with Crippen LogP contribution in [0.3, 0.4) is 0 Å². The van der Waals surface area contributed by atoms with E-state index in [9.17, 15) is 0 Å². The topological polar surface area (TPSA) is 12.5 Å². The molecule has 5 rings (SSSR count). The summed E-state index contributed by atoms with van der Waals surface area (Å²) in [5.41, 5.74) is 4.36. The van der Waals surface area contributed by atoms with Gasteiger partial charge in [-0.25, -0.2) is 0 Å². The molecule has 1 aliphatic carbocycles. The predicted octanol–water partition coefficient (Wildman–Crippen LogP) is 4.73. The van der Waals surface area contributed by atoms with E-state index in [1.54, 1.807) is 7.11 Å². The molecule has 2 nitrogen and oxygen atoms in total. The molecule has 2 unspecified atom stereocenters. The molecule has 1 saturated heterocycles. The van der Waals surface area contributed by atoms with Gasteiger partial charge in [-0.15, -0.1) is 0 Å². The molecule has 0 aromatic heterocycles. The maximum atomic E-state index is 6.02. The fourth-order valence-corrected chi connectivity index (χ4v) is 4.41. The lowest BCUT2D eigenvalue weighted by Crippen LogP contribution is -2.46. The average molecular weight is 342 g/mol. The van der Waals surface area contributed by atoms with Gasteiger partial charge in [-0.05, 0) is 72.6 Å². The van der Waals surface area contributed by atoms with E-state index in [1.807, 2.05) is 12.1 Å². The van der Waals surface area contributed by atoms with Gasteiger partial charge >= 0.3 is 0 Å². The number of methoxy groups -OCH3 is 1. The number of benzene rings is 2. The van der Waals surface area contributed by atoms with Crippen molar-refractivity contribution in [2.45, 2.75) is 38.3 Å². The number of fused-ring (bicyclic) bond motifs is 2. The molecule has 2 heterocycles. The Hall–Kier alpha value is -1.51. The van der Waals surface area contributed by atoms with Crippen molar-refractivity contribution in [3.05, 3.63) is 64.2 Å². The minimum atomic E-state index is 0.628. The maximum absolute atomic E-state index is 6.02. The summed E-state index contributed by atoms with van der Waals surface area (Å²) in [6.07, 6.45) is 4.98. The van der Waals surface area contributed by atoms with Gasteiger partial charge in [0, 0.05) is 24.2 Å². The third-order valence-electron chi connectivity index (χ3n) is 5.59. The van der Waals surface area contributed by atoms with Crippen LogP contribution < -0.4 is 4.74 Å². The number of piperidine rings is 1. The summed E-state index contributed by atoms with van der Waals surface area (Å²) in [5.74, 6) is 1.75. The van der Waals surface area contributed by atoms with Crippen LogP contribution in [0.4, 0.5) is 0 Å². The Kier molecular flexibility index (Phi) is 4.51. The molecule has 0 amide bonds. The molecule has 0 N–H and O–H groups in total. The average Bonchev–Trinajstić information content (AvgIpc) is 2.57. The van der Waals surface area contributed by atoms with E-state index in [0.717, 1.165) is 29.7 Å². The van der Waals surface area contributed by atoms with Crippen LogP contribution in [0, 0.1) is 5.92 Å². The Morgan fingerprint density at radius 1 is 1.04 bits per heavy atom. The molecule has 0 spiro atoms. The van der Waals surface area contributed by atoms with Gasteiger partial charge in [-0.2, -0.15) is 0 Å². The minimum absolute atomic E-state index is 0.628. The first kappa shape index (κ1) is 16.0. The quantitative estimate of drug-likeness (QED) is 0.800. The maximum Gasteiger partial charge on any atom is 0.119 e. The molecule has 3 heteroatoms. The van der Waals surface area contributed by atoms with Gasteiger partial charge in [0.1, 0.15) is 5.75 Å². The van der Waals surface area contributed by atoms with E-state index >= 15 is 0 Å². The largest absolute Gasteiger partial charge is 0.497 e. The Morgan fingerprint density at radius 2 is 1.88 bits per heavy atom. The molecule has 2 aromatic rings. The Bertz CT molecular complexity index is 712. The third-order valence-corrected chi connectivity index (χ3v) is 5.85. The van der Waals surface area contributed by atoms with Gasteiger partial charge in [-0.1, -0.05) is 29.8 Å². The smallest absolute Gasteiger partial charge is 0.119 e. The fraction of sp³-hybridized carbons (Fsp3) is 0.429. The first-order chi connectivity index (χ1) is 11.7. The SMILES string of the molecule is COc1ccc2c(c1)CC1CCC(C2)CN1Cc1ccc(Cl)cc1. The second-order valence-electron chi connectivity index (χ2n) is 7.20. The molecule has 24 heavy (non-hydrogen) atoms. The van der Waals surface area contributed by atoms with Crippen molar-refractivity contribution in [1.82, 2.24) is 4.90 Å². The predicted molar refractivity (Wildman–Crippen MR) is 98.8 cm³/mol. The van der Waals surface area contributed by atoms with Crippen LogP contribution in [0.1, 0.15) is 29.5 Å². The number of hydrogen-bond donors (Lipinski definition) is 0. The van der Waals surface area contributed by atoms with E-state index in [0.29, 0.717) is 6.04 Å². The van der Waals surface area contributed by atoms with E-state index < -0.39 is 0 Å². The summed E-state index contributed by atoms with van der Waals surface area (Å²) in [7, 11) is 1.75. The summed E-state index contributed by atoms with van der Waals surface area (Å²) >= 11 is 6.02. The van der Waals surface area contributed by atoms with E-state index in [1.165, 1.54) is 42.5 Å². The Morgan fingerprint density at radius 3 is 2.67 bits per heavy atom. The van der Waals surface area contributed by atoms with E-state index in [4.69, 9.17) is 16.3 Å². The van der Waals surface area contributed by atoms with Crippen molar-refractivity contribution >= 4 is 11.6 Å². The highest BCUT2D eigenvalue weighted by Crippen LogP contribution is 2.34. The summed E-state index contributed by atoms with van der Waals surface area (Å²) < 4.78 is 5.44. The second-order valence-corrected chi connectivity index (χ2v) is 7.63. The van der Waals surface area contributed by atoms with Crippen molar-refractivity contribution in [1.29, 1.82) is 0 Å². The summed E-state index contributed by atoms with van der Waals surface area (Å²) in [5, 5.41) is 0.814. The van der Waals surface area contributed by atoms with Crippen LogP contribution in [0.2, 0.25) is 5.02 Å². The zero-order chi connectivity index (χ0) is 16.5. The van der Waals surface area contributed by atoms with Crippen LogP contribution >= 0.6 is 11.6 Å². The Balaban J connectivity index is 1.58. The summed E-state index contributed by atoms with van der Waals surface area (Å²) in [4.78, 5) is 2.68. The molecule has 2 atom stereocenters. The lowest BCUT2D eigenvalue weighted by molar-refractivity contribution is 0.0937. The lowest BCUT2D eigenvalue weighted by atomic mass is 9.80. The third kappa shape index (κ3) is 3.31. The summed E-state index contributed by atoms with van der Waals surface area (Å²) in [6.45, 7) is 2.23. The minimum Gasteiger partial charge on any atom is -0.497 e. The fourth-order valence-electron chi connectivity index (χ4n) is 4.28. The molecule has 3 aliphatic rings. The molecular formula is C21H24ClNO. The standard InChI is InChI=1S/C21H24ClNO/c1-24-21-9-5-17-10-16-4-8-20(11-18(17)12-21)23(14-16)13-15-2-6-19(22)7-3-15/h2-3,5-7,9,12,16,20H,4,8,10-11,13-14H2,1H3. The second kappa shape index (κ2) is 6.78. The highest BCUT2D eigenvalue weighted by Gasteiger charge is 2.32. The van der Waals surface area contributed by atoms with Crippen molar-refractivity contribution in [2.75, 3.05) is 13.7 Å². The number of ether oxygens (including phenoxy) is 1. The van der Waals surface area contributed by atoms with Crippen LogP contribution in [-0.2, 0) is 19.4 Å². The molecule has 2 bridgehead atoms. The molecular weight excluding hydrogens is 318 g/mol. The van der Waals surface area contributed by atoms with Crippen molar-refractivity contribution in [3.63, 3.8) is 0 Å². The summed E-state index contributed by atoms with van der Waals surface area (Å²) in [6, 6.07) is 15.6. The zero-order valence-electron chi connectivity index (χ0n) is 14.2. The van der Waals surface area contributed by atoms with Gasteiger partial charge in [0.15, 0.2) is 0 Å². The first-order valence-electron chi connectivity index (χ1n) is 8.85. The molecule has 2 aliphatic heterocycles. The van der Waals surface area contributed by atoms with Gasteiger partial charge in [0.25, 0.3) is 0 Å². The van der Waals surface area contributed by atoms with Gasteiger partial charge in [0.05, 0.1) is 7.11 Å². The molecule has 2 aromatic carbocycles. The normalized spacial score (nSPS) is 23.4. The highest BCUT2D eigenvalue weighted by atomic mass is 35.5. The van der Waals surface area contributed by atoms with E-state index in [2.05, 4.69) is 35.2 Å². The lowest BCUT2D eigenvalue weighted by Gasteiger charge is -2.42. The molecule has 126 valence electrons. The number of hydrogen-bond acceptors (Lipinski definition) is 2. The van der Waals surface area contributed by atoms with Gasteiger partial charge < -0.3 is 4.74 Å². The number of nitrogens with zero attached hydrogens (tertiary/aromatic N) is 1. The van der Waals surface area contributed by atoms with Crippen LogP contribution in [0.25, 0.3) is 0 Å². The van der Waals surface area contributed by atoms with Crippen LogP contribution in [0.15, 0.2) is 42.5 Å². The first-order valence-corrected chi connectivity index (χ1v) is 9.23. The monoisotopic (exact) mass is 341 g/mol. The van der Waals surface area contributed by atoms with Gasteiger partial charge in [0.2, 0.25) is 0 Å². The Labute approximate surface area is 149 Å². The van der Waals surface area contributed by atoms with E-state index in [-0.39, 0.29) is 0 Å². The van der Waals surface area contributed by atoms with Crippen molar-refractivity contribution in [3.8, 4) is 5.75 Å².